The van der Waals surface area contributed by atoms with Crippen LogP contribution in [0, 0.1) is 11.6 Å². The van der Waals surface area contributed by atoms with Crippen LogP contribution in [0.5, 0.6) is 0 Å². The Hall–Kier alpha value is -7.14. The van der Waals surface area contributed by atoms with Crippen LogP contribution in [0.4, 0.5) is 30.0 Å². The number of halogens is 3. The Morgan fingerprint density at radius 2 is 1.10 bits per heavy atom. The van der Waals surface area contributed by atoms with Crippen molar-refractivity contribution in [3.63, 3.8) is 0 Å². The van der Waals surface area contributed by atoms with Gasteiger partial charge in [0.25, 0.3) is 0 Å². The van der Waals surface area contributed by atoms with E-state index in [0.717, 1.165) is 16.7 Å². The van der Waals surface area contributed by atoms with Gasteiger partial charge in [-0.1, -0.05) is 12.1 Å². The topological polar surface area (TPSA) is 145 Å². The number of ether oxygens (including phenoxy) is 2. The van der Waals surface area contributed by atoms with Crippen molar-refractivity contribution in [1.29, 1.82) is 0 Å². The van der Waals surface area contributed by atoms with Gasteiger partial charge >= 0.3 is 12.2 Å². The molecule has 0 aliphatic rings. The Morgan fingerprint density at radius 1 is 0.619 bits per heavy atom. The predicted octanol–water partition coefficient (Wildman–Crippen LogP) is 10.5. The van der Waals surface area contributed by atoms with E-state index in [2.05, 4.69) is 46.1 Å². The summed E-state index contributed by atoms with van der Waals surface area (Å²) in [5, 5.41) is 8.73. The molecular formula is C46H43BrF2N10O4. The van der Waals surface area contributed by atoms with Gasteiger partial charge in [-0.2, -0.15) is 19.2 Å². The third-order valence-electron chi connectivity index (χ3n) is 8.94. The van der Waals surface area contributed by atoms with Crippen LogP contribution >= 0.6 is 15.9 Å². The average molecular weight is 918 g/mol. The fraction of sp³-hybridized carbons (Fsp3) is 0.217. The van der Waals surface area contributed by atoms with E-state index in [4.69, 9.17) is 9.47 Å². The first kappa shape index (κ1) is 43.9. The molecule has 8 aromatic rings. The van der Waals surface area contributed by atoms with Gasteiger partial charge in [-0.05, 0) is 129 Å². The van der Waals surface area contributed by atoms with Gasteiger partial charge in [-0.25, -0.2) is 28.3 Å². The highest BCUT2D eigenvalue weighted by molar-refractivity contribution is 9.10. The van der Waals surface area contributed by atoms with Gasteiger partial charge in [-0.3, -0.25) is 19.8 Å². The summed E-state index contributed by atoms with van der Waals surface area (Å²) in [6.07, 6.45) is 8.88. The molecule has 0 saturated carbocycles. The Morgan fingerprint density at radius 3 is 1.56 bits per heavy atom. The molecule has 0 saturated heterocycles. The molecule has 2 amide bonds. The molecule has 322 valence electrons. The van der Waals surface area contributed by atoms with Crippen molar-refractivity contribution in [3.8, 4) is 22.5 Å². The second-order valence-electron chi connectivity index (χ2n) is 16.2. The van der Waals surface area contributed by atoms with E-state index in [-0.39, 0.29) is 24.7 Å². The molecule has 14 nitrogen and oxygen atoms in total. The van der Waals surface area contributed by atoms with Crippen LogP contribution in [-0.4, -0.2) is 62.6 Å². The first-order valence-corrected chi connectivity index (χ1v) is 20.5. The molecule has 8 rings (SSSR count). The number of rotatable bonds is 8. The van der Waals surface area contributed by atoms with Crippen LogP contribution in [0.3, 0.4) is 0 Å². The summed E-state index contributed by atoms with van der Waals surface area (Å²) < 4.78 is 42.0. The maximum atomic E-state index is 13.5. The summed E-state index contributed by atoms with van der Waals surface area (Å²) in [5.41, 5.74) is 3.91. The minimum absolute atomic E-state index is 0.211. The van der Waals surface area contributed by atoms with Crippen molar-refractivity contribution in [2.75, 3.05) is 9.80 Å². The van der Waals surface area contributed by atoms with Gasteiger partial charge in [0.1, 0.15) is 34.5 Å². The summed E-state index contributed by atoms with van der Waals surface area (Å²) in [4.78, 5) is 47.0. The lowest BCUT2D eigenvalue weighted by Crippen LogP contribution is -2.37. The van der Waals surface area contributed by atoms with E-state index in [1.54, 1.807) is 94.7 Å². The van der Waals surface area contributed by atoms with Gasteiger partial charge in [-0.15, -0.1) is 0 Å². The maximum Gasteiger partial charge on any atom is 0.416 e. The molecule has 0 unspecified atom stereocenters. The molecule has 0 bridgehead atoms. The van der Waals surface area contributed by atoms with Crippen LogP contribution in [0.25, 0.3) is 33.8 Å². The number of hydrogen-bond donors (Lipinski definition) is 0. The molecule has 63 heavy (non-hydrogen) atoms. The lowest BCUT2D eigenvalue weighted by molar-refractivity contribution is 0.0564. The Balaban J connectivity index is 0.000000189. The molecule has 2 aromatic carbocycles. The third-order valence-corrected chi connectivity index (χ3v) is 9.50. The SMILES string of the molecule is CC(C)(C)OC(=O)N(Cc1cccnc1)c1cc(-c2ccc(F)cc2)nc2c(Br)cnn12.CC(C)(C)OC(=O)N(Cc1cccnc1)c1cc(-c2ccc(F)cc2)nc2ccnn12. The van der Waals surface area contributed by atoms with Crippen molar-refractivity contribution in [1.82, 2.24) is 39.2 Å². The quantitative estimate of drug-likeness (QED) is 0.144. The normalized spacial score (nSPS) is 11.5. The minimum atomic E-state index is -0.694. The van der Waals surface area contributed by atoms with Crippen molar-refractivity contribution >= 4 is 51.0 Å². The van der Waals surface area contributed by atoms with Crippen LogP contribution in [0.15, 0.2) is 133 Å². The lowest BCUT2D eigenvalue weighted by atomic mass is 10.1. The summed E-state index contributed by atoms with van der Waals surface area (Å²) >= 11 is 3.47. The number of pyridine rings is 2. The van der Waals surface area contributed by atoms with Crippen molar-refractivity contribution in [2.45, 2.75) is 65.8 Å². The van der Waals surface area contributed by atoms with Gasteiger partial charge in [0.2, 0.25) is 0 Å². The minimum Gasteiger partial charge on any atom is -0.443 e. The molecule has 0 atom stereocenters. The first-order valence-electron chi connectivity index (χ1n) is 19.7. The molecular weight excluding hydrogens is 874 g/mol. The monoisotopic (exact) mass is 916 g/mol. The molecule has 0 aliphatic heterocycles. The van der Waals surface area contributed by atoms with Gasteiger partial charge in [0.15, 0.2) is 11.3 Å². The van der Waals surface area contributed by atoms with Crippen LogP contribution in [-0.2, 0) is 22.6 Å². The van der Waals surface area contributed by atoms with E-state index in [1.165, 1.54) is 34.1 Å². The molecule has 0 aliphatic carbocycles. The van der Waals surface area contributed by atoms with E-state index in [9.17, 15) is 18.4 Å². The number of aromatic nitrogens is 8. The highest BCUT2D eigenvalue weighted by atomic mass is 79.9. The standard InChI is InChI=1S/C23H21BrFN5O2.C23H22FN5O2/c1-23(2,3)32-22(31)29(14-15-5-4-10-26-12-15)20-11-19(16-6-8-17(25)9-7-16)28-21-18(24)13-27-30(20)21;1-23(2,3)31-22(30)28(15-16-5-4-11-25-14-16)21-13-19(17-6-8-18(24)9-7-17)27-20-10-12-26-29(20)21/h4-13H,14H2,1-3H3;4-14H,15H2,1-3H3. The fourth-order valence-electron chi connectivity index (χ4n) is 6.20. The summed E-state index contributed by atoms with van der Waals surface area (Å²) in [6.45, 7) is 11.3. The van der Waals surface area contributed by atoms with Crippen molar-refractivity contribution in [3.05, 3.63) is 155 Å². The number of benzene rings is 2. The van der Waals surface area contributed by atoms with E-state index in [0.29, 0.717) is 44.4 Å². The smallest absolute Gasteiger partial charge is 0.416 e. The Bertz CT molecular complexity index is 2850. The van der Waals surface area contributed by atoms with E-state index < -0.39 is 23.4 Å². The molecule has 6 aromatic heterocycles. The highest BCUT2D eigenvalue weighted by Gasteiger charge is 2.29. The number of carbonyl (C=O) groups excluding carboxylic acids is 2. The summed E-state index contributed by atoms with van der Waals surface area (Å²) in [5.74, 6) is 0.263. The zero-order valence-electron chi connectivity index (χ0n) is 35.3. The number of carbonyl (C=O) groups is 2. The number of anilines is 2. The van der Waals surface area contributed by atoms with Gasteiger partial charge < -0.3 is 9.47 Å². The molecule has 0 radical (unpaired) electrons. The third kappa shape index (κ3) is 11.0. The summed E-state index contributed by atoms with van der Waals surface area (Å²) in [7, 11) is 0. The van der Waals surface area contributed by atoms with Gasteiger partial charge in [0, 0.05) is 54.1 Å². The van der Waals surface area contributed by atoms with Crippen LogP contribution < -0.4 is 9.80 Å². The zero-order valence-corrected chi connectivity index (χ0v) is 36.9. The van der Waals surface area contributed by atoms with E-state index >= 15 is 0 Å². The largest absolute Gasteiger partial charge is 0.443 e. The number of nitrogens with zero attached hydrogens (tertiary/aromatic N) is 10. The number of hydrogen-bond acceptors (Lipinski definition) is 10. The number of amides is 2. The molecule has 0 fully saturated rings. The molecule has 0 spiro atoms. The maximum absolute atomic E-state index is 13.5. The average Bonchev–Trinajstić information content (AvgIpc) is 3.88. The van der Waals surface area contributed by atoms with E-state index in [1.807, 2.05) is 59.7 Å². The summed E-state index contributed by atoms with van der Waals surface area (Å²) in [6, 6.07) is 24.7. The first-order chi connectivity index (χ1) is 30.0. The molecule has 6 heterocycles. The zero-order chi connectivity index (χ0) is 44.9. The Kier molecular flexibility index (Phi) is 12.9. The predicted molar refractivity (Wildman–Crippen MR) is 238 cm³/mol. The fourth-order valence-corrected chi connectivity index (χ4v) is 6.55. The second-order valence-corrected chi connectivity index (χ2v) is 17.1. The molecule has 17 heteroatoms. The van der Waals surface area contributed by atoms with Gasteiger partial charge in [0.05, 0.1) is 41.3 Å². The van der Waals surface area contributed by atoms with Crippen molar-refractivity contribution < 1.29 is 27.8 Å². The lowest BCUT2D eigenvalue weighted by Gasteiger charge is -2.28. The van der Waals surface area contributed by atoms with Crippen LogP contribution in [0.1, 0.15) is 52.7 Å². The second kappa shape index (κ2) is 18.5. The van der Waals surface area contributed by atoms with Crippen molar-refractivity contribution in [2.24, 2.45) is 0 Å². The Labute approximate surface area is 370 Å². The molecule has 0 N–H and O–H groups in total. The highest BCUT2D eigenvalue weighted by Crippen LogP contribution is 2.31. The van der Waals surface area contributed by atoms with Crippen LogP contribution in [0.2, 0.25) is 0 Å². The number of fused-ring (bicyclic) bond motifs is 2.